The van der Waals surface area contributed by atoms with Crippen molar-refractivity contribution in [1.82, 2.24) is 9.78 Å². The molecular weight excluding hydrogens is 256 g/mol. The van der Waals surface area contributed by atoms with Crippen LogP contribution >= 0.6 is 0 Å². The van der Waals surface area contributed by atoms with E-state index in [2.05, 4.69) is 5.10 Å². The van der Waals surface area contributed by atoms with Gasteiger partial charge in [-0.25, -0.2) is 8.42 Å². The lowest BCUT2D eigenvalue weighted by Crippen LogP contribution is -2.45. The standard InChI is InChI=1S/C11H18N2O4S/c1-9-6-12-13(7-9)5-4-11(2,10(15)8-14)18(3,16)17/h6-7,14H,4-5,8H2,1-3H3/t11-/m1/s1. The third kappa shape index (κ3) is 2.97. The van der Waals surface area contributed by atoms with E-state index in [1.54, 1.807) is 17.1 Å². The number of carbonyl (C=O) groups excluding carboxylic acids is 1. The van der Waals surface area contributed by atoms with Crippen molar-refractivity contribution >= 4 is 15.6 Å². The van der Waals surface area contributed by atoms with Crippen LogP contribution in [0.15, 0.2) is 12.4 Å². The van der Waals surface area contributed by atoms with E-state index in [0.29, 0.717) is 6.54 Å². The van der Waals surface area contributed by atoms with E-state index in [1.165, 1.54) is 6.92 Å². The van der Waals surface area contributed by atoms with Gasteiger partial charge >= 0.3 is 0 Å². The molecule has 1 aromatic rings. The Kier molecular flexibility index (Phi) is 4.28. The Morgan fingerprint density at radius 2 is 2.17 bits per heavy atom. The number of aliphatic hydroxyl groups excluding tert-OH is 1. The van der Waals surface area contributed by atoms with Gasteiger partial charge in [-0.3, -0.25) is 9.48 Å². The number of hydrogen-bond acceptors (Lipinski definition) is 5. The van der Waals surface area contributed by atoms with Gasteiger partial charge < -0.3 is 5.11 Å². The second-order valence-electron chi connectivity index (χ2n) is 4.62. The number of ketones is 1. The zero-order chi connectivity index (χ0) is 14.0. The van der Waals surface area contributed by atoms with Crippen LogP contribution in [0.3, 0.4) is 0 Å². The van der Waals surface area contributed by atoms with E-state index in [4.69, 9.17) is 5.11 Å². The van der Waals surface area contributed by atoms with Crippen molar-refractivity contribution in [2.24, 2.45) is 0 Å². The monoisotopic (exact) mass is 274 g/mol. The molecule has 1 rings (SSSR count). The van der Waals surface area contributed by atoms with Gasteiger partial charge in [0.25, 0.3) is 0 Å². The summed E-state index contributed by atoms with van der Waals surface area (Å²) in [5.74, 6) is -0.686. The number of aliphatic hydroxyl groups is 1. The minimum atomic E-state index is -3.59. The van der Waals surface area contributed by atoms with Gasteiger partial charge in [-0.1, -0.05) is 0 Å². The molecule has 1 aromatic heterocycles. The Labute approximate surface area is 107 Å². The van der Waals surface area contributed by atoms with Gasteiger partial charge in [-0.15, -0.1) is 0 Å². The van der Waals surface area contributed by atoms with Crippen molar-refractivity contribution in [3.05, 3.63) is 18.0 Å². The number of aromatic nitrogens is 2. The van der Waals surface area contributed by atoms with E-state index in [9.17, 15) is 13.2 Å². The summed E-state index contributed by atoms with van der Waals surface area (Å²) < 4.78 is 23.5. The van der Waals surface area contributed by atoms with Gasteiger partial charge in [0.15, 0.2) is 15.6 Å². The number of Topliss-reactive ketones (excluding diaryl/α,β-unsaturated/α-hetero) is 1. The van der Waals surface area contributed by atoms with Crippen LogP contribution in [0.2, 0.25) is 0 Å². The number of nitrogens with zero attached hydrogens (tertiary/aromatic N) is 2. The molecule has 1 atom stereocenters. The average Bonchev–Trinajstić information content (AvgIpc) is 2.69. The van der Waals surface area contributed by atoms with Gasteiger partial charge in [0.05, 0.1) is 6.20 Å². The highest BCUT2D eigenvalue weighted by Crippen LogP contribution is 2.23. The summed E-state index contributed by atoms with van der Waals surface area (Å²) in [6, 6.07) is 0. The summed E-state index contributed by atoms with van der Waals surface area (Å²) in [6.45, 7) is 2.75. The van der Waals surface area contributed by atoms with Gasteiger partial charge in [0.2, 0.25) is 0 Å². The largest absolute Gasteiger partial charge is 0.389 e. The Morgan fingerprint density at radius 1 is 1.56 bits per heavy atom. The van der Waals surface area contributed by atoms with Crippen LogP contribution in [0.5, 0.6) is 0 Å². The Balaban J connectivity index is 2.91. The summed E-state index contributed by atoms with van der Waals surface area (Å²) in [6.07, 6.45) is 4.53. The van der Waals surface area contributed by atoms with Crippen LogP contribution in [-0.4, -0.2) is 46.7 Å². The maximum Gasteiger partial charge on any atom is 0.179 e. The lowest BCUT2D eigenvalue weighted by molar-refractivity contribution is -0.124. The summed E-state index contributed by atoms with van der Waals surface area (Å²) in [5, 5.41) is 12.9. The Morgan fingerprint density at radius 3 is 2.56 bits per heavy atom. The molecule has 0 radical (unpaired) electrons. The van der Waals surface area contributed by atoms with Crippen molar-refractivity contribution in [3.8, 4) is 0 Å². The predicted octanol–water partition coefficient (Wildman–Crippen LogP) is -0.0537. The molecule has 102 valence electrons. The Bertz CT molecular complexity index is 535. The molecule has 0 unspecified atom stereocenters. The summed E-state index contributed by atoms with van der Waals surface area (Å²) in [5.41, 5.74) is 0.963. The van der Waals surface area contributed by atoms with Crippen molar-refractivity contribution in [1.29, 1.82) is 0 Å². The molecule has 18 heavy (non-hydrogen) atoms. The molecule has 0 aliphatic carbocycles. The molecule has 0 saturated heterocycles. The number of sulfone groups is 1. The fraction of sp³-hybridized carbons (Fsp3) is 0.636. The molecule has 0 aliphatic heterocycles. The number of carbonyl (C=O) groups is 1. The molecule has 6 nitrogen and oxygen atoms in total. The van der Waals surface area contributed by atoms with Crippen LogP contribution in [-0.2, 0) is 21.2 Å². The zero-order valence-corrected chi connectivity index (χ0v) is 11.6. The fourth-order valence-corrected chi connectivity index (χ4v) is 2.56. The van der Waals surface area contributed by atoms with Crippen LogP contribution in [0.4, 0.5) is 0 Å². The lowest BCUT2D eigenvalue weighted by atomic mass is 10.0. The number of rotatable bonds is 6. The van der Waals surface area contributed by atoms with E-state index < -0.39 is 27.0 Å². The van der Waals surface area contributed by atoms with E-state index in [0.717, 1.165) is 11.8 Å². The smallest absolute Gasteiger partial charge is 0.179 e. The molecule has 0 fully saturated rings. The normalized spacial score (nSPS) is 15.3. The van der Waals surface area contributed by atoms with E-state index in [1.807, 2.05) is 6.92 Å². The molecule has 0 bridgehead atoms. The molecule has 0 spiro atoms. The molecule has 1 N–H and O–H groups in total. The first-order valence-corrected chi connectivity index (χ1v) is 7.42. The lowest BCUT2D eigenvalue weighted by Gasteiger charge is -2.25. The fourth-order valence-electron chi connectivity index (χ4n) is 1.62. The van der Waals surface area contributed by atoms with Gasteiger partial charge in [-0.05, 0) is 25.8 Å². The quantitative estimate of drug-likeness (QED) is 0.785. The third-order valence-corrected chi connectivity index (χ3v) is 5.20. The summed E-state index contributed by atoms with van der Waals surface area (Å²) in [4.78, 5) is 11.6. The van der Waals surface area contributed by atoms with Crippen LogP contribution in [0, 0.1) is 6.92 Å². The highest BCUT2D eigenvalue weighted by molar-refractivity contribution is 7.92. The molecular formula is C11H18N2O4S. The predicted molar refractivity (Wildman–Crippen MR) is 66.9 cm³/mol. The highest BCUT2D eigenvalue weighted by Gasteiger charge is 2.42. The molecule has 0 amide bonds. The highest BCUT2D eigenvalue weighted by atomic mass is 32.2. The minimum absolute atomic E-state index is 0.0896. The van der Waals surface area contributed by atoms with Crippen LogP contribution < -0.4 is 0 Å². The minimum Gasteiger partial charge on any atom is -0.389 e. The van der Waals surface area contributed by atoms with Crippen molar-refractivity contribution in [2.45, 2.75) is 31.6 Å². The molecule has 1 heterocycles. The van der Waals surface area contributed by atoms with Crippen molar-refractivity contribution in [2.75, 3.05) is 12.9 Å². The molecule has 7 heteroatoms. The number of aryl methyl sites for hydroxylation is 2. The SMILES string of the molecule is Cc1cnn(CC[C@](C)(C(=O)CO)S(C)(=O)=O)c1. The number of hydrogen-bond donors (Lipinski definition) is 1. The second kappa shape index (κ2) is 5.19. The molecule has 0 aliphatic rings. The van der Waals surface area contributed by atoms with Gasteiger partial charge in [0, 0.05) is 19.0 Å². The maximum absolute atomic E-state index is 11.7. The summed E-state index contributed by atoms with van der Waals surface area (Å²) in [7, 11) is -3.59. The second-order valence-corrected chi connectivity index (χ2v) is 7.06. The molecule has 0 saturated carbocycles. The van der Waals surface area contributed by atoms with E-state index in [-0.39, 0.29) is 6.42 Å². The van der Waals surface area contributed by atoms with Crippen LogP contribution in [0.1, 0.15) is 18.9 Å². The van der Waals surface area contributed by atoms with Gasteiger partial charge in [0.1, 0.15) is 11.4 Å². The zero-order valence-electron chi connectivity index (χ0n) is 10.8. The van der Waals surface area contributed by atoms with Crippen LogP contribution in [0.25, 0.3) is 0 Å². The van der Waals surface area contributed by atoms with Crippen molar-refractivity contribution < 1.29 is 18.3 Å². The maximum atomic E-state index is 11.7. The van der Waals surface area contributed by atoms with Crippen molar-refractivity contribution in [3.63, 3.8) is 0 Å². The van der Waals surface area contributed by atoms with E-state index >= 15 is 0 Å². The average molecular weight is 274 g/mol. The third-order valence-electron chi connectivity index (χ3n) is 3.13. The summed E-state index contributed by atoms with van der Waals surface area (Å²) >= 11 is 0. The van der Waals surface area contributed by atoms with Gasteiger partial charge in [-0.2, -0.15) is 5.10 Å². The first-order valence-electron chi connectivity index (χ1n) is 5.53. The Hall–Kier alpha value is -1.21. The molecule has 0 aromatic carbocycles. The topological polar surface area (TPSA) is 89.3 Å². The first kappa shape index (κ1) is 14.8. The first-order chi connectivity index (χ1) is 8.20.